The van der Waals surface area contributed by atoms with E-state index < -0.39 is 0 Å². The zero-order valence-corrected chi connectivity index (χ0v) is 17.9. The fourth-order valence-electron chi connectivity index (χ4n) is 3.52. The van der Waals surface area contributed by atoms with E-state index in [1.54, 1.807) is 0 Å². The molecule has 1 amide bonds. The maximum Gasteiger partial charge on any atom is 0.230 e. The molecular formula is C24H24N4OS. The van der Waals surface area contributed by atoms with Crippen molar-refractivity contribution in [1.29, 1.82) is 0 Å². The van der Waals surface area contributed by atoms with Crippen LogP contribution in [0.1, 0.15) is 29.9 Å². The number of hydrogen-bond donors (Lipinski definition) is 1. The van der Waals surface area contributed by atoms with Gasteiger partial charge in [0.1, 0.15) is 5.82 Å². The van der Waals surface area contributed by atoms with Gasteiger partial charge in [-0.3, -0.25) is 4.79 Å². The third kappa shape index (κ3) is 4.54. The van der Waals surface area contributed by atoms with Crippen molar-refractivity contribution in [2.45, 2.75) is 24.5 Å². The summed E-state index contributed by atoms with van der Waals surface area (Å²) in [4.78, 5) is 12.6. The van der Waals surface area contributed by atoms with Crippen LogP contribution in [0.4, 0.5) is 0 Å². The van der Waals surface area contributed by atoms with Gasteiger partial charge in [0.2, 0.25) is 5.91 Å². The molecule has 0 aliphatic rings. The highest BCUT2D eigenvalue weighted by Crippen LogP contribution is 2.24. The van der Waals surface area contributed by atoms with Crippen molar-refractivity contribution < 1.29 is 4.79 Å². The fourth-order valence-corrected chi connectivity index (χ4v) is 4.26. The molecule has 1 atom stereocenters. The molecule has 30 heavy (non-hydrogen) atoms. The number of benzene rings is 3. The van der Waals surface area contributed by atoms with Crippen LogP contribution in [-0.4, -0.2) is 26.4 Å². The zero-order chi connectivity index (χ0) is 20.9. The molecule has 3 aromatic carbocycles. The van der Waals surface area contributed by atoms with Crippen molar-refractivity contribution in [2.24, 2.45) is 7.05 Å². The second-order valence-electron chi connectivity index (χ2n) is 7.27. The van der Waals surface area contributed by atoms with Gasteiger partial charge in [-0.15, -0.1) is 10.2 Å². The second-order valence-corrected chi connectivity index (χ2v) is 8.21. The first-order chi connectivity index (χ1) is 14.6. The van der Waals surface area contributed by atoms with E-state index in [4.69, 9.17) is 0 Å². The molecule has 0 aliphatic heterocycles. The highest BCUT2D eigenvalue weighted by atomic mass is 32.2. The van der Waals surface area contributed by atoms with Gasteiger partial charge in [-0.25, -0.2) is 0 Å². The largest absolute Gasteiger partial charge is 0.349 e. The summed E-state index contributed by atoms with van der Waals surface area (Å²) in [5.74, 6) is 1.16. The highest BCUT2D eigenvalue weighted by Gasteiger charge is 2.15. The second kappa shape index (κ2) is 9.13. The van der Waals surface area contributed by atoms with Crippen LogP contribution in [0.25, 0.3) is 10.8 Å². The summed E-state index contributed by atoms with van der Waals surface area (Å²) in [5.41, 5.74) is 2.31. The average Bonchev–Trinajstić information content (AvgIpc) is 3.11. The number of nitrogens with one attached hydrogen (secondary N) is 1. The molecule has 1 N–H and O–H groups in total. The number of amides is 1. The summed E-state index contributed by atoms with van der Waals surface area (Å²) in [6.07, 6.45) is 0.717. The third-order valence-corrected chi connectivity index (χ3v) is 6.15. The third-order valence-electron chi connectivity index (χ3n) is 5.13. The quantitative estimate of drug-likeness (QED) is 0.450. The van der Waals surface area contributed by atoms with Gasteiger partial charge in [-0.2, -0.15) is 0 Å². The first-order valence-corrected chi connectivity index (χ1v) is 10.9. The Morgan fingerprint density at radius 2 is 1.73 bits per heavy atom. The van der Waals surface area contributed by atoms with Crippen molar-refractivity contribution >= 4 is 28.4 Å². The Kier molecular flexibility index (Phi) is 6.14. The highest BCUT2D eigenvalue weighted by molar-refractivity contribution is 7.99. The summed E-state index contributed by atoms with van der Waals surface area (Å²) in [6, 6.07) is 24.5. The number of aromatic nitrogens is 3. The van der Waals surface area contributed by atoms with Crippen molar-refractivity contribution in [3.05, 3.63) is 89.7 Å². The fraction of sp³-hybridized carbons (Fsp3) is 0.208. The van der Waals surface area contributed by atoms with Crippen LogP contribution in [0.3, 0.4) is 0 Å². The number of fused-ring (bicyclic) bond motifs is 1. The predicted octanol–water partition coefficient (Wildman–Crippen LogP) is 4.53. The van der Waals surface area contributed by atoms with Gasteiger partial charge in [-0.1, -0.05) is 84.6 Å². The van der Waals surface area contributed by atoms with Crippen LogP contribution in [0.5, 0.6) is 0 Å². The van der Waals surface area contributed by atoms with Crippen molar-refractivity contribution in [2.75, 3.05) is 5.75 Å². The Morgan fingerprint density at radius 1 is 1.00 bits per heavy atom. The summed E-state index contributed by atoms with van der Waals surface area (Å²) in [5, 5.41) is 14.7. The van der Waals surface area contributed by atoms with E-state index in [-0.39, 0.29) is 11.9 Å². The van der Waals surface area contributed by atoms with Crippen LogP contribution >= 0.6 is 11.8 Å². The molecule has 1 heterocycles. The molecule has 1 aromatic heterocycles. The predicted molar refractivity (Wildman–Crippen MR) is 121 cm³/mol. The summed E-state index contributed by atoms with van der Waals surface area (Å²) < 4.78 is 1.96. The lowest BCUT2D eigenvalue weighted by Crippen LogP contribution is -2.28. The first kappa shape index (κ1) is 20.2. The number of carbonyl (C=O) groups is 1. The van der Waals surface area contributed by atoms with Crippen LogP contribution in [-0.2, 0) is 18.3 Å². The van der Waals surface area contributed by atoms with Crippen LogP contribution in [0.2, 0.25) is 0 Å². The normalized spacial score (nSPS) is 12.1. The maximum absolute atomic E-state index is 12.6. The number of thioether (sulfide) groups is 1. The maximum atomic E-state index is 12.6. The van der Waals surface area contributed by atoms with Crippen LogP contribution in [0.15, 0.2) is 78.0 Å². The zero-order valence-electron chi connectivity index (χ0n) is 17.1. The van der Waals surface area contributed by atoms with Gasteiger partial charge in [-0.05, 0) is 28.8 Å². The molecule has 0 radical (unpaired) electrons. The molecule has 0 saturated carbocycles. The summed E-state index contributed by atoms with van der Waals surface area (Å²) in [7, 11) is 1.94. The first-order valence-electron chi connectivity index (χ1n) is 9.94. The standard InChI is InChI=1S/C24H24N4OS/c1-17(20-14-8-12-19-11-6-7-13-21(19)20)25-23(29)16-30-24-27-26-22(28(24)2)15-18-9-4-3-5-10-18/h3-14,17H,15-16H2,1-2H3,(H,25,29)/t17-/m1/s1. The van der Waals surface area contributed by atoms with E-state index in [1.807, 2.05) is 54.9 Å². The molecule has 0 saturated heterocycles. The minimum Gasteiger partial charge on any atom is -0.349 e. The van der Waals surface area contributed by atoms with Crippen molar-refractivity contribution in [3.8, 4) is 0 Å². The molecule has 4 rings (SSSR count). The Labute approximate surface area is 180 Å². The molecule has 0 bridgehead atoms. The van der Waals surface area contributed by atoms with Gasteiger partial charge in [0.25, 0.3) is 0 Å². The van der Waals surface area contributed by atoms with Crippen LogP contribution in [0, 0.1) is 0 Å². The lowest BCUT2D eigenvalue weighted by molar-refractivity contribution is -0.119. The molecule has 0 aliphatic carbocycles. The number of carbonyl (C=O) groups excluding carboxylic acids is 1. The average molecular weight is 417 g/mol. The molecule has 0 spiro atoms. The van der Waals surface area contributed by atoms with Gasteiger partial charge in [0.15, 0.2) is 5.16 Å². The minimum atomic E-state index is -0.0719. The number of nitrogens with zero attached hydrogens (tertiary/aromatic N) is 3. The molecule has 0 fully saturated rings. The SMILES string of the molecule is C[C@@H](NC(=O)CSc1nnc(Cc2ccccc2)n1C)c1cccc2ccccc12. The Balaban J connectivity index is 1.37. The number of rotatable bonds is 7. The monoisotopic (exact) mass is 416 g/mol. The van der Waals surface area contributed by atoms with Gasteiger partial charge < -0.3 is 9.88 Å². The Hall–Kier alpha value is -3.12. The topological polar surface area (TPSA) is 59.8 Å². The molecular weight excluding hydrogens is 392 g/mol. The Bertz CT molecular complexity index is 1150. The molecule has 6 heteroatoms. The van der Waals surface area contributed by atoms with E-state index in [0.717, 1.165) is 23.0 Å². The van der Waals surface area contributed by atoms with E-state index in [2.05, 4.69) is 51.9 Å². The van der Waals surface area contributed by atoms with E-state index in [0.29, 0.717) is 5.75 Å². The van der Waals surface area contributed by atoms with Crippen molar-refractivity contribution in [3.63, 3.8) is 0 Å². The van der Waals surface area contributed by atoms with Gasteiger partial charge in [0.05, 0.1) is 11.8 Å². The molecule has 0 unspecified atom stereocenters. The molecule has 5 nitrogen and oxygen atoms in total. The minimum absolute atomic E-state index is 0.0203. The molecule has 4 aromatic rings. The lowest BCUT2D eigenvalue weighted by Gasteiger charge is -2.16. The van der Waals surface area contributed by atoms with Gasteiger partial charge in [0, 0.05) is 13.5 Å². The van der Waals surface area contributed by atoms with E-state index >= 15 is 0 Å². The van der Waals surface area contributed by atoms with E-state index in [1.165, 1.54) is 28.1 Å². The lowest BCUT2D eigenvalue weighted by atomic mass is 10.00. The Morgan fingerprint density at radius 3 is 2.57 bits per heavy atom. The summed E-state index contributed by atoms with van der Waals surface area (Å²) >= 11 is 1.40. The molecule has 152 valence electrons. The smallest absolute Gasteiger partial charge is 0.230 e. The number of hydrogen-bond acceptors (Lipinski definition) is 4. The van der Waals surface area contributed by atoms with Crippen molar-refractivity contribution in [1.82, 2.24) is 20.1 Å². The van der Waals surface area contributed by atoms with Gasteiger partial charge >= 0.3 is 0 Å². The van der Waals surface area contributed by atoms with E-state index in [9.17, 15) is 4.79 Å². The van der Waals surface area contributed by atoms with Crippen LogP contribution < -0.4 is 5.32 Å². The summed E-state index contributed by atoms with van der Waals surface area (Å²) in [6.45, 7) is 2.02.